The van der Waals surface area contributed by atoms with Crippen LogP contribution in [-0.4, -0.2) is 65.3 Å². The van der Waals surface area contributed by atoms with Crippen molar-refractivity contribution < 1.29 is 24.6 Å². The fourth-order valence-electron chi connectivity index (χ4n) is 2.46. The van der Waals surface area contributed by atoms with Gasteiger partial charge in [0.15, 0.2) is 0 Å². The Balaban J connectivity index is 2.25. The molecule has 1 fully saturated rings. The number of rotatable bonds is 8. The minimum Gasteiger partial charge on any atom is -0.481 e. The summed E-state index contributed by atoms with van der Waals surface area (Å²) >= 11 is 0. The van der Waals surface area contributed by atoms with Crippen LogP contribution >= 0.6 is 0 Å². The average Bonchev–Trinajstić information content (AvgIpc) is 2.91. The Morgan fingerprint density at radius 1 is 1.24 bits per heavy atom. The van der Waals surface area contributed by atoms with Gasteiger partial charge < -0.3 is 25.7 Å². The molecule has 1 aliphatic rings. The Labute approximate surface area is 123 Å². The van der Waals surface area contributed by atoms with Crippen molar-refractivity contribution in [1.82, 2.24) is 15.5 Å². The maximum Gasteiger partial charge on any atom is 0.326 e. The summed E-state index contributed by atoms with van der Waals surface area (Å²) in [5, 5.41) is 22.1. The third-order valence-corrected chi connectivity index (χ3v) is 3.68. The summed E-state index contributed by atoms with van der Waals surface area (Å²) in [6.45, 7) is 1.06. The summed E-state index contributed by atoms with van der Waals surface area (Å²) in [4.78, 5) is 35.0. The molecule has 0 unspecified atom stereocenters. The Bertz CT molecular complexity index is 382. The van der Waals surface area contributed by atoms with E-state index in [9.17, 15) is 14.4 Å². The normalized spacial score (nSPS) is 16.7. The molecule has 1 atom stereocenters. The maximum absolute atomic E-state index is 11.5. The van der Waals surface area contributed by atoms with E-state index in [1.54, 1.807) is 0 Å². The van der Waals surface area contributed by atoms with E-state index in [1.165, 1.54) is 25.7 Å². The van der Waals surface area contributed by atoms with Crippen molar-refractivity contribution in [2.24, 2.45) is 0 Å². The minimum absolute atomic E-state index is 0.387. The average molecular weight is 301 g/mol. The topological polar surface area (TPSA) is 119 Å². The first-order valence-corrected chi connectivity index (χ1v) is 7.09. The van der Waals surface area contributed by atoms with Crippen molar-refractivity contribution in [1.29, 1.82) is 0 Å². The molecule has 1 saturated carbocycles. The van der Waals surface area contributed by atoms with Gasteiger partial charge in [-0.1, -0.05) is 12.8 Å². The summed E-state index contributed by atoms with van der Waals surface area (Å²) in [7, 11) is 2.00. The number of carbonyl (C=O) groups is 3. The molecule has 0 heterocycles. The Kier molecular flexibility index (Phi) is 6.93. The van der Waals surface area contributed by atoms with Gasteiger partial charge in [0.05, 0.1) is 6.42 Å². The van der Waals surface area contributed by atoms with Crippen LogP contribution in [0.1, 0.15) is 32.1 Å². The quantitative estimate of drug-likeness (QED) is 0.504. The zero-order chi connectivity index (χ0) is 15.8. The summed E-state index contributed by atoms with van der Waals surface area (Å²) in [5.41, 5.74) is 0. The van der Waals surface area contributed by atoms with Crippen molar-refractivity contribution in [2.75, 3.05) is 20.1 Å². The fraction of sp³-hybridized carbons (Fsp3) is 0.769. The lowest BCUT2D eigenvalue weighted by atomic mass is 10.2. The molecule has 1 aliphatic carbocycles. The van der Waals surface area contributed by atoms with Gasteiger partial charge in [-0.15, -0.1) is 0 Å². The minimum atomic E-state index is -1.42. The number of nitrogens with zero attached hydrogens (tertiary/aromatic N) is 1. The fourth-order valence-corrected chi connectivity index (χ4v) is 2.46. The van der Waals surface area contributed by atoms with Gasteiger partial charge in [-0.3, -0.25) is 4.79 Å². The molecule has 0 bridgehead atoms. The molecule has 8 heteroatoms. The highest BCUT2D eigenvalue weighted by molar-refractivity contribution is 5.86. The summed E-state index contributed by atoms with van der Waals surface area (Å²) in [6, 6.07) is -1.54. The first-order valence-electron chi connectivity index (χ1n) is 7.09. The Morgan fingerprint density at radius 2 is 1.86 bits per heavy atom. The molecule has 0 saturated heterocycles. The Morgan fingerprint density at radius 3 is 2.38 bits per heavy atom. The van der Waals surface area contributed by atoms with Crippen LogP contribution < -0.4 is 10.6 Å². The summed E-state index contributed by atoms with van der Waals surface area (Å²) in [5.74, 6) is -2.64. The van der Waals surface area contributed by atoms with E-state index in [2.05, 4.69) is 15.5 Å². The van der Waals surface area contributed by atoms with Crippen LogP contribution in [-0.2, 0) is 9.59 Å². The largest absolute Gasteiger partial charge is 0.481 e. The number of nitrogens with one attached hydrogen (secondary N) is 2. The van der Waals surface area contributed by atoms with E-state index >= 15 is 0 Å². The molecule has 0 aliphatic heterocycles. The maximum atomic E-state index is 11.5. The molecule has 8 nitrogen and oxygen atoms in total. The second-order valence-electron chi connectivity index (χ2n) is 5.31. The van der Waals surface area contributed by atoms with Gasteiger partial charge in [0.2, 0.25) is 0 Å². The van der Waals surface area contributed by atoms with Crippen molar-refractivity contribution in [3.63, 3.8) is 0 Å². The standard InChI is InChI=1S/C13H23N3O5/c1-16(9-4-2-3-5-9)7-6-14-13(21)15-10(12(19)20)8-11(17)18/h9-10H,2-8H2,1H3,(H,17,18)(H,19,20)(H2,14,15,21)/t10-/m1/s1. The monoisotopic (exact) mass is 301 g/mol. The molecule has 1 rings (SSSR count). The molecule has 0 aromatic carbocycles. The summed E-state index contributed by atoms with van der Waals surface area (Å²) < 4.78 is 0. The van der Waals surface area contributed by atoms with Crippen molar-refractivity contribution in [2.45, 2.75) is 44.2 Å². The van der Waals surface area contributed by atoms with Gasteiger partial charge in [-0.2, -0.15) is 0 Å². The predicted molar refractivity (Wildman–Crippen MR) is 75.1 cm³/mol. The van der Waals surface area contributed by atoms with Gasteiger partial charge in [0.1, 0.15) is 6.04 Å². The number of likely N-dealkylation sites (N-methyl/N-ethyl adjacent to an activating group) is 1. The molecule has 0 radical (unpaired) electrons. The molecule has 4 N–H and O–H groups in total. The van der Waals surface area contributed by atoms with Crippen LogP contribution in [0, 0.1) is 0 Å². The molecule has 0 spiro atoms. The third-order valence-electron chi connectivity index (χ3n) is 3.68. The van der Waals surface area contributed by atoms with Crippen LogP contribution in [0.4, 0.5) is 4.79 Å². The van der Waals surface area contributed by atoms with Crippen LogP contribution in [0.15, 0.2) is 0 Å². The smallest absolute Gasteiger partial charge is 0.326 e. The van der Waals surface area contributed by atoms with Crippen molar-refractivity contribution in [3.05, 3.63) is 0 Å². The van der Waals surface area contributed by atoms with E-state index in [1.807, 2.05) is 7.05 Å². The first-order chi connectivity index (χ1) is 9.90. The second-order valence-corrected chi connectivity index (χ2v) is 5.31. The zero-order valence-electron chi connectivity index (χ0n) is 12.2. The number of carboxylic acid groups (broad SMARTS) is 2. The van der Waals surface area contributed by atoms with Crippen LogP contribution in [0.5, 0.6) is 0 Å². The van der Waals surface area contributed by atoms with Gasteiger partial charge in [-0.05, 0) is 19.9 Å². The number of carbonyl (C=O) groups excluding carboxylic acids is 1. The summed E-state index contributed by atoms with van der Waals surface area (Å²) in [6.07, 6.45) is 4.16. The number of hydrogen-bond donors (Lipinski definition) is 4. The second kappa shape index (κ2) is 8.46. The molecule has 0 aromatic heterocycles. The number of hydrogen-bond acceptors (Lipinski definition) is 4. The highest BCUT2D eigenvalue weighted by Crippen LogP contribution is 2.21. The lowest BCUT2D eigenvalue weighted by Crippen LogP contribution is -2.48. The molecule has 2 amide bonds. The van der Waals surface area contributed by atoms with E-state index in [4.69, 9.17) is 10.2 Å². The zero-order valence-corrected chi connectivity index (χ0v) is 12.2. The lowest BCUT2D eigenvalue weighted by molar-refractivity contribution is -0.145. The molecule has 120 valence electrons. The van der Waals surface area contributed by atoms with Crippen molar-refractivity contribution >= 4 is 18.0 Å². The van der Waals surface area contributed by atoms with Gasteiger partial charge in [0, 0.05) is 19.1 Å². The highest BCUT2D eigenvalue weighted by Gasteiger charge is 2.23. The van der Waals surface area contributed by atoms with Crippen LogP contribution in [0.3, 0.4) is 0 Å². The number of carboxylic acids is 2. The van der Waals surface area contributed by atoms with Crippen LogP contribution in [0.25, 0.3) is 0 Å². The van der Waals surface area contributed by atoms with Crippen LogP contribution in [0.2, 0.25) is 0 Å². The Hall–Kier alpha value is -1.83. The lowest BCUT2D eigenvalue weighted by Gasteiger charge is -2.24. The van der Waals surface area contributed by atoms with E-state index in [-0.39, 0.29) is 0 Å². The van der Waals surface area contributed by atoms with Gasteiger partial charge in [-0.25, -0.2) is 9.59 Å². The molecule has 0 aromatic rings. The highest BCUT2D eigenvalue weighted by atomic mass is 16.4. The number of amides is 2. The predicted octanol–water partition coefficient (Wildman–Crippen LogP) is 0.0879. The first kappa shape index (κ1) is 17.2. The van der Waals surface area contributed by atoms with E-state index in [0.717, 1.165) is 0 Å². The SMILES string of the molecule is CN(CCNC(=O)N[C@H](CC(=O)O)C(=O)O)C1CCCC1. The molecular formula is C13H23N3O5. The number of urea groups is 1. The third kappa shape index (κ3) is 6.44. The van der Waals surface area contributed by atoms with Crippen molar-refractivity contribution in [3.8, 4) is 0 Å². The van der Waals surface area contributed by atoms with Gasteiger partial charge in [0.25, 0.3) is 0 Å². The number of aliphatic carboxylic acids is 2. The van der Waals surface area contributed by atoms with E-state index < -0.39 is 30.4 Å². The van der Waals surface area contributed by atoms with Gasteiger partial charge >= 0.3 is 18.0 Å². The molecular weight excluding hydrogens is 278 g/mol. The van der Waals surface area contributed by atoms with E-state index in [0.29, 0.717) is 19.1 Å². The molecule has 21 heavy (non-hydrogen) atoms.